The van der Waals surface area contributed by atoms with Crippen LogP contribution in [0.15, 0.2) is 35.1 Å². The number of nitrogens with zero attached hydrogens (tertiary/aromatic N) is 1. The Balaban J connectivity index is 2.98. The number of nitriles is 1. The molecule has 0 aromatic heterocycles. The van der Waals surface area contributed by atoms with E-state index >= 15 is 0 Å². The molecule has 0 fully saturated rings. The van der Waals surface area contributed by atoms with E-state index in [4.69, 9.17) is 5.26 Å². The Kier molecular flexibility index (Phi) is 3.04. The first-order valence-corrected chi connectivity index (χ1v) is 3.99. The van der Waals surface area contributed by atoms with Crippen LogP contribution in [0, 0.1) is 11.3 Å². The number of hydrogen-bond acceptors (Lipinski definition) is 3. The van der Waals surface area contributed by atoms with Gasteiger partial charge in [0.15, 0.2) is 0 Å². The van der Waals surface area contributed by atoms with E-state index in [2.05, 4.69) is 5.32 Å². The Bertz CT molecular complexity index is 381. The summed E-state index contributed by atoms with van der Waals surface area (Å²) in [4.78, 5) is 11.3. The van der Waals surface area contributed by atoms with E-state index in [1.807, 2.05) is 6.07 Å². The lowest BCUT2D eigenvalue weighted by atomic mass is 10.3. The Labute approximate surface area is 76.6 Å². The van der Waals surface area contributed by atoms with Gasteiger partial charge in [-0.3, -0.25) is 4.79 Å². The van der Waals surface area contributed by atoms with Gasteiger partial charge < -0.3 is 5.32 Å². The summed E-state index contributed by atoms with van der Waals surface area (Å²) in [5.41, 5.74) is 0.353. The summed E-state index contributed by atoms with van der Waals surface area (Å²) in [5.74, 6) is 0. The van der Waals surface area contributed by atoms with Crippen molar-refractivity contribution in [2.24, 2.45) is 0 Å². The third-order valence-electron chi connectivity index (χ3n) is 1.56. The van der Waals surface area contributed by atoms with Crippen molar-refractivity contribution in [2.45, 2.75) is 13.0 Å². The summed E-state index contributed by atoms with van der Waals surface area (Å²) in [6.45, 7) is 1.70. The number of nitrogens with one attached hydrogen (secondary N) is 1. The Morgan fingerprint density at radius 1 is 1.38 bits per heavy atom. The Morgan fingerprint density at radius 3 is 2.77 bits per heavy atom. The largest absolute Gasteiger partial charge is 0.367 e. The highest BCUT2D eigenvalue weighted by Gasteiger charge is 2.00. The van der Waals surface area contributed by atoms with Crippen molar-refractivity contribution in [1.29, 1.82) is 5.26 Å². The van der Waals surface area contributed by atoms with Crippen LogP contribution < -0.4 is 10.7 Å². The van der Waals surface area contributed by atoms with Crippen LogP contribution in [0.2, 0.25) is 0 Å². The van der Waals surface area contributed by atoms with Gasteiger partial charge in [-0.25, -0.2) is 0 Å². The molecule has 0 aliphatic heterocycles. The first-order valence-electron chi connectivity index (χ1n) is 3.99. The SMILES string of the molecule is CC(C#N)Nc1cccccc1=O. The maximum atomic E-state index is 11.3. The molecule has 0 aliphatic carbocycles. The van der Waals surface area contributed by atoms with Crippen molar-refractivity contribution in [3.63, 3.8) is 0 Å². The van der Waals surface area contributed by atoms with Crippen molar-refractivity contribution in [3.05, 3.63) is 40.6 Å². The van der Waals surface area contributed by atoms with Gasteiger partial charge in [0.2, 0.25) is 5.43 Å². The molecule has 1 aromatic carbocycles. The molecule has 0 spiro atoms. The molecule has 0 saturated carbocycles. The predicted octanol–water partition coefficient (Wildman–Crippen LogP) is 1.37. The molecule has 3 nitrogen and oxygen atoms in total. The lowest BCUT2D eigenvalue weighted by Crippen LogP contribution is -2.16. The molecular weight excluding hydrogens is 164 g/mol. The molecule has 0 aliphatic rings. The molecule has 0 heterocycles. The molecule has 1 atom stereocenters. The highest BCUT2D eigenvalue weighted by molar-refractivity contribution is 5.43. The molecule has 0 saturated heterocycles. The maximum Gasteiger partial charge on any atom is 0.201 e. The average Bonchev–Trinajstić information content (AvgIpc) is 2.32. The van der Waals surface area contributed by atoms with Gasteiger partial charge in [0.25, 0.3) is 0 Å². The van der Waals surface area contributed by atoms with Crippen LogP contribution in [0.25, 0.3) is 0 Å². The average molecular weight is 174 g/mol. The molecule has 3 heteroatoms. The standard InChI is InChI=1S/C10H10N2O/c1-8(7-11)12-9-5-3-2-4-6-10(9)13/h2-6,8H,1H3,(H,12,13). The lowest BCUT2D eigenvalue weighted by Gasteiger charge is -2.03. The fraction of sp³-hybridized carbons (Fsp3) is 0.200. The summed E-state index contributed by atoms with van der Waals surface area (Å²) in [5, 5.41) is 11.3. The van der Waals surface area contributed by atoms with Crippen LogP contribution in [-0.2, 0) is 0 Å². The fourth-order valence-electron chi connectivity index (χ4n) is 0.916. The topological polar surface area (TPSA) is 52.9 Å². The molecule has 0 amide bonds. The third kappa shape index (κ3) is 2.60. The second-order valence-corrected chi connectivity index (χ2v) is 2.68. The smallest absolute Gasteiger partial charge is 0.201 e. The van der Waals surface area contributed by atoms with E-state index in [0.717, 1.165) is 0 Å². The zero-order valence-corrected chi connectivity index (χ0v) is 7.32. The molecule has 1 unspecified atom stereocenters. The minimum absolute atomic E-state index is 0.105. The lowest BCUT2D eigenvalue weighted by molar-refractivity contribution is 1.01. The Hall–Kier alpha value is -1.82. The van der Waals surface area contributed by atoms with Crippen LogP contribution >= 0.6 is 0 Å². The number of hydrogen-bond donors (Lipinski definition) is 1. The van der Waals surface area contributed by atoms with E-state index in [9.17, 15) is 4.79 Å². The molecule has 0 radical (unpaired) electrons. The van der Waals surface area contributed by atoms with Crippen molar-refractivity contribution >= 4 is 5.69 Å². The normalized spacial score (nSPS) is 11.4. The van der Waals surface area contributed by atoms with Crippen molar-refractivity contribution in [3.8, 4) is 6.07 Å². The van der Waals surface area contributed by atoms with Gasteiger partial charge in [0.1, 0.15) is 6.04 Å². The molecule has 66 valence electrons. The number of rotatable bonds is 2. The van der Waals surface area contributed by atoms with Crippen molar-refractivity contribution in [2.75, 3.05) is 5.32 Å². The summed E-state index contributed by atoms with van der Waals surface area (Å²) < 4.78 is 0. The zero-order valence-electron chi connectivity index (χ0n) is 7.32. The summed E-state index contributed by atoms with van der Waals surface area (Å²) >= 11 is 0. The number of anilines is 1. The highest BCUT2D eigenvalue weighted by atomic mass is 16.1. The molecule has 1 rings (SSSR count). The summed E-state index contributed by atoms with van der Waals surface area (Å²) in [7, 11) is 0. The predicted molar refractivity (Wildman–Crippen MR) is 51.4 cm³/mol. The van der Waals surface area contributed by atoms with E-state index in [-0.39, 0.29) is 11.5 Å². The van der Waals surface area contributed by atoms with E-state index in [0.29, 0.717) is 5.69 Å². The Morgan fingerprint density at radius 2 is 2.08 bits per heavy atom. The van der Waals surface area contributed by atoms with E-state index in [1.54, 1.807) is 31.2 Å². The fourth-order valence-corrected chi connectivity index (χ4v) is 0.916. The second kappa shape index (κ2) is 4.27. The zero-order chi connectivity index (χ0) is 9.68. The van der Waals surface area contributed by atoms with Crippen molar-refractivity contribution < 1.29 is 0 Å². The molecule has 13 heavy (non-hydrogen) atoms. The minimum Gasteiger partial charge on any atom is -0.367 e. The third-order valence-corrected chi connectivity index (χ3v) is 1.56. The minimum atomic E-state index is -0.352. The first-order chi connectivity index (χ1) is 6.24. The quantitative estimate of drug-likeness (QED) is 0.736. The van der Waals surface area contributed by atoms with Gasteiger partial charge in [0, 0.05) is 0 Å². The van der Waals surface area contributed by atoms with Crippen LogP contribution in [0.5, 0.6) is 0 Å². The van der Waals surface area contributed by atoms with Crippen LogP contribution in [-0.4, -0.2) is 6.04 Å². The van der Waals surface area contributed by atoms with Crippen molar-refractivity contribution in [1.82, 2.24) is 0 Å². The summed E-state index contributed by atoms with van der Waals surface area (Å²) in [6.07, 6.45) is 0. The maximum absolute atomic E-state index is 11.3. The molecular formula is C10H10N2O. The van der Waals surface area contributed by atoms with E-state index < -0.39 is 0 Å². The molecule has 1 N–H and O–H groups in total. The van der Waals surface area contributed by atoms with Gasteiger partial charge in [-0.15, -0.1) is 0 Å². The molecule has 1 aromatic rings. The second-order valence-electron chi connectivity index (χ2n) is 2.68. The van der Waals surface area contributed by atoms with Crippen LogP contribution in [0.3, 0.4) is 0 Å². The monoisotopic (exact) mass is 174 g/mol. The highest BCUT2D eigenvalue weighted by Crippen LogP contribution is 1.98. The first kappa shape index (κ1) is 9.27. The molecule has 0 bridgehead atoms. The van der Waals surface area contributed by atoms with E-state index in [1.165, 1.54) is 6.07 Å². The van der Waals surface area contributed by atoms with Gasteiger partial charge in [-0.1, -0.05) is 18.2 Å². The van der Waals surface area contributed by atoms with Crippen LogP contribution in [0.4, 0.5) is 5.69 Å². The van der Waals surface area contributed by atoms with Gasteiger partial charge in [-0.05, 0) is 19.1 Å². The van der Waals surface area contributed by atoms with Crippen LogP contribution in [0.1, 0.15) is 6.92 Å². The summed E-state index contributed by atoms with van der Waals surface area (Å²) in [6, 6.07) is 9.97. The van der Waals surface area contributed by atoms with Gasteiger partial charge >= 0.3 is 0 Å². The van der Waals surface area contributed by atoms with Gasteiger partial charge in [-0.2, -0.15) is 5.26 Å². The van der Waals surface area contributed by atoms with Gasteiger partial charge in [0.05, 0.1) is 11.8 Å².